The summed E-state index contributed by atoms with van der Waals surface area (Å²) in [5, 5.41) is 4.45. The fraction of sp³-hybridized carbons (Fsp3) is 0.0526. The monoisotopic (exact) mass is 334 g/mol. The van der Waals surface area contributed by atoms with E-state index in [0.29, 0.717) is 5.69 Å². The number of carbonyl (C=O) groups excluding carboxylic acids is 2. The second-order valence-electron chi connectivity index (χ2n) is 5.44. The van der Waals surface area contributed by atoms with Gasteiger partial charge in [0, 0.05) is 11.1 Å². The lowest BCUT2D eigenvalue weighted by Crippen LogP contribution is -2.34. The molecular weight excluding hydrogens is 320 g/mol. The van der Waals surface area contributed by atoms with Gasteiger partial charge in [0.2, 0.25) is 0 Å². The summed E-state index contributed by atoms with van der Waals surface area (Å²) in [6.45, 7) is 0. The van der Waals surface area contributed by atoms with Gasteiger partial charge in [-0.05, 0) is 35.3 Å². The highest BCUT2D eigenvalue weighted by Gasteiger charge is 2.40. The summed E-state index contributed by atoms with van der Waals surface area (Å²) in [5.41, 5.74) is 1.45. The van der Waals surface area contributed by atoms with Crippen LogP contribution in [0.5, 0.6) is 0 Å². The molecule has 0 aliphatic carbocycles. The van der Waals surface area contributed by atoms with E-state index >= 15 is 0 Å². The van der Waals surface area contributed by atoms with E-state index in [9.17, 15) is 9.59 Å². The zero-order valence-electron chi connectivity index (χ0n) is 12.7. The van der Waals surface area contributed by atoms with Crippen LogP contribution in [0.3, 0.4) is 0 Å². The molecule has 24 heavy (non-hydrogen) atoms. The van der Waals surface area contributed by atoms with Crippen molar-refractivity contribution in [2.75, 3.05) is 10.2 Å². The van der Waals surface area contributed by atoms with Crippen LogP contribution < -0.4 is 10.2 Å². The number of rotatable bonds is 3. The third-order valence-corrected chi connectivity index (χ3v) is 4.88. The summed E-state index contributed by atoms with van der Waals surface area (Å²) >= 11 is 1.01. The van der Waals surface area contributed by atoms with Gasteiger partial charge in [-0.2, -0.15) is 0 Å². The molecule has 1 N–H and O–H groups in total. The second-order valence-corrected chi connectivity index (χ2v) is 6.50. The van der Waals surface area contributed by atoms with Gasteiger partial charge in [0.05, 0.1) is 5.69 Å². The second kappa shape index (κ2) is 6.02. The highest BCUT2D eigenvalue weighted by molar-refractivity contribution is 8.16. The van der Waals surface area contributed by atoms with Gasteiger partial charge >= 0.3 is 0 Å². The van der Waals surface area contributed by atoms with E-state index in [1.54, 1.807) is 12.1 Å². The molecule has 0 unspecified atom stereocenters. The van der Waals surface area contributed by atoms with Crippen LogP contribution in [-0.4, -0.2) is 16.5 Å². The fourth-order valence-electron chi connectivity index (χ4n) is 2.80. The van der Waals surface area contributed by atoms with Crippen LogP contribution in [0.25, 0.3) is 10.8 Å². The largest absolute Gasteiger partial charge is 0.365 e. The first kappa shape index (κ1) is 14.8. The van der Waals surface area contributed by atoms with Crippen LogP contribution in [0.1, 0.15) is 0 Å². The molecule has 3 aromatic carbocycles. The Morgan fingerprint density at radius 2 is 1.54 bits per heavy atom. The van der Waals surface area contributed by atoms with Gasteiger partial charge in [0.1, 0.15) is 0 Å². The molecule has 4 rings (SSSR count). The van der Waals surface area contributed by atoms with Gasteiger partial charge in [0.15, 0.2) is 5.37 Å². The van der Waals surface area contributed by atoms with Crippen LogP contribution in [0.15, 0.2) is 72.8 Å². The van der Waals surface area contributed by atoms with Crippen molar-refractivity contribution in [2.24, 2.45) is 0 Å². The molecule has 4 nitrogen and oxygen atoms in total. The highest BCUT2D eigenvalue weighted by atomic mass is 32.2. The predicted molar refractivity (Wildman–Crippen MR) is 98.3 cm³/mol. The lowest BCUT2D eigenvalue weighted by atomic mass is 10.1. The Morgan fingerprint density at radius 1 is 0.833 bits per heavy atom. The van der Waals surface area contributed by atoms with E-state index < -0.39 is 5.37 Å². The number of fused-ring (bicyclic) bond motifs is 1. The molecule has 5 heteroatoms. The van der Waals surface area contributed by atoms with Gasteiger partial charge in [-0.3, -0.25) is 9.59 Å². The maximum Gasteiger partial charge on any atom is 0.295 e. The minimum atomic E-state index is -0.622. The number of imide groups is 1. The number of hydrogen-bond acceptors (Lipinski definition) is 4. The van der Waals surface area contributed by atoms with Crippen molar-refractivity contribution in [2.45, 2.75) is 5.37 Å². The molecule has 1 heterocycles. The van der Waals surface area contributed by atoms with E-state index in [4.69, 9.17) is 0 Å². The van der Waals surface area contributed by atoms with Crippen molar-refractivity contribution < 1.29 is 9.59 Å². The minimum absolute atomic E-state index is 0.246. The standard InChI is InChI=1S/C19H14N2O2S/c22-18-17(24-19(23)21(18)14-9-2-1-3-10-14)20-16-12-6-8-13-7-4-5-11-15(13)16/h1-12,17,20H/t17-/m1/s1. The first-order chi connectivity index (χ1) is 11.7. The van der Waals surface area contributed by atoms with E-state index in [1.807, 2.05) is 60.7 Å². The van der Waals surface area contributed by atoms with Gasteiger partial charge in [-0.25, -0.2) is 4.90 Å². The Balaban J connectivity index is 1.64. The lowest BCUT2D eigenvalue weighted by Gasteiger charge is -2.15. The molecule has 0 radical (unpaired) electrons. The molecular formula is C19H14N2O2S. The van der Waals surface area contributed by atoms with Crippen LogP contribution in [0.2, 0.25) is 0 Å². The summed E-state index contributed by atoms with van der Waals surface area (Å²) < 4.78 is 0. The highest BCUT2D eigenvalue weighted by Crippen LogP contribution is 2.33. The van der Waals surface area contributed by atoms with E-state index in [0.717, 1.165) is 28.2 Å². The van der Waals surface area contributed by atoms with Gasteiger partial charge in [-0.1, -0.05) is 54.6 Å². The summed E-state index contributed by atoms with van der Waals surface area (Å²) in [6, 6.07) is 22.8. The number of benzene rings is 3. The topological polar surface area (TPSA) is 49.4 Å². The van der Waals surface area contributed by atoms with Gasteiger partial charge < -0.3 is 5.32 Å². The molecule has 0 bridgehead atoms. The summed E-state index contributed by atoms with van der Waals surface area (Å²) in [5.74, 6) is -0.246. The summed E-state index contributed by atoms with van der Waals surface area (Å²) in [4.78, 5) is 26.2. The molecule has 3 aromatic rings. The minimum Gasteiger partial charge on any atom is -0.365 e. The van der Waals surface area contributed by atoms with Gasteiger partial charge in [0.25, 0.3) is 11.1 Å². The van der Waals surface area contributed by atoms with E-state index in [1.165, 1.54) is 4.90 Å². The smallest absolute Gasteiger partial charge is 0.295 e. The lowest BCUT2D eigenvalue weighted by molar-refractivity contribution is -0.116. The van der Waals surface area contributed by atoms with Crippen molar-refractivity contribution in [3.05, 3.63) is 72.8 Å². The first-order valence-electron chi connectivity index (χ1n) is 7.58. The maximum atomic E-state index is 12.7. The number of hydrogen-bond donors (Lipinski definition) is 1. The Bertz CT molecular complexity index is 922. The zero-order valence-corrected chi connectivity index (χ0v) is 13.5. The van der Waals surface area contributed by atoms with Crippen LogP contribution in [-0.2, 0) is 4.79 Å². The van der Waals surface area contributed by atoms with Crippen LogP contribution in [0.4, 0.5) is 16.2 Å². The number of carbonyl (C=O) groups is 2. The Hall–Kier alpha value is -2.79. The van der Waals surface area contributed by atoms with Crippen molar-refractivity contribution in [3.63, 3.8) is 0 Å². The Morgan fingerprint density at radius 3 is 2.38 bits per heavy atom. The average molecular weight is 334 g/mol. The number of anilines is 2. The number of para-hydroxylation sites is 1. The number of nitrogens with one attached hydrogen (secondary N) is 1. The molecule has 1 atom stereocenters. The van der Waals surface area contributed by atoms with Crippen molar-refractivity contribution in [3.8, 4) is 0 Å². The molecule has 0 saturated carbocycles. The summed E-state index contributed by atoms with van der Waals surface area (Å²) in [7, 11) is 0. The van der Waals surface area contributed by atoms with E-state index in [-0.39, 0.29) is 11.1 Å². The normalized spacial score (nSPS) is 17.5. The molecule has 2 amide bonds. The Kier molecular flexibility index (Phi) is 3.70. The average Bonchev–Trinajstić information content (AvgIpc) is 2.90. The fourth-order valence-corrected chi connectivity index (χ4v) is 3.70. The third kappa shape index (κ3) is 2.53. The van der Waals surface area contributed by atoms with Crippen LogP contribution in [0, 0.1) is 0 Å². The quantitative estimate of drug-likeness (QED) is 0.767. The third-order valence-electron chi connectivity index (χ3n) is 3.94. The molecule has 1 aliphatic rings. The first-order valence-corrected chi connectivity index (χ1v) is 8.46. The predicted octanol–water partition coefficient (Wildman–Crippen LogP) is 4.48. The van der Waals surface area contributed by atoms with Crippen molar-refractivity contribution >= 4 is 45.1 Å². The zero-order chi connectivity index (χ0) is 16.5. The van der Waals surface area contributed by atoms with Gasteiger partial charge in [-0.15, -0.1) is 0 Å². The number of amides is 2. The molecule has 118 valence electrons. The SMILES string of the molecule is O=C1S[C@@H](Nc2cccc3ccccc23)C(=O)N1c1ccccc1. The molecule has 0 spiro atoms. The molecule has 0 aromatic heterocycles. The van der Waals surface area contributed by atoms with Crippen molar-refractivity contribution in [1.82, 2.24) is 0 Å². The molecule has 1 saturated heterocycles. The maximum absolute atomic E-state index is 12.7. The van der Waals surface area contributed by atoms with Crippen LogP contribution >= 0.6 is 11.8 Å². The molecule has 1 fully saturated rings. The molecule has 1 aliphatic heterocycles. The number of nitrogens with zero attached hydrogens (tertiary/aromatic N) is 1. The summed E-state index contributed by atoms with van der Waals surface area (Å²) in [6.07, 6.45) is 0. The number of thioether (sulfide) groups is 1. The Labute approximate surface area is 143 Å². The van der Waals surface area contributed by atoms with Crippen molar-refractivity contribution in [1.29, 1.82) is 0 Å². The van der Waals surface area contributed by atoms with E-state index in [2.05, 4.69) is 5.32 Å².